The molecule has 16 heavy (non-hydrogen) atoms. The first kappa shape index (κ1) is 12.1. The van der Waals surface area contributed by atoms with Gasteiger partial charge in [-0.05, 0) is 30.7 Å². The van der Waals surface area contributed by atoms with Crippen LogP contribution in [-0.4, -0.2) is 17.3 Å². The van der Waals surface area contributed by atoms with Gasteiger partial charge in [0.15, 0.2) is 0 Å². The average Bonchev–Trinajstić information content (AvgIpc) is 2.14. The van der Waals surface area contributed by atoms with Crippen molar-refractivity contribution in [2.45, 2.75) is 13.1 Å². The van der Waals surface area contributed by atoms with Gasteiger partial charge in [-0.3, -0.25) is 0 Å². The molecule has 0 unspecified atom stereocenters. The van der Waals surface area contributed by atoms with Gasteiger partial charge < -0.3 is 5.11 Å². The summed E-state index contributed by atoms with van der Waals surface area (Å²) in [4.78, 5) is 10.6. The Kier molecular flexibility index (Phi) is 3.23. The molecule has 0 bridgehead atoms. The van der Waals surface area contributed by atoms with E-state index in [2.05, 4.69) is 0 Å². The van der Waals surface area contributed by atoms with Crippen LogP contribution in [0.5, 0.6) is 0 Å². The molecule has 0 aromatic heterocycles. The molecular weight excluding hydrogens is 221 g/mol. The second-order valence-electron chi connectivity index (χ2n) is 3.08. The van der Waals surface area contributed by atoms with Crippen LogP contribution in [0.15, 0.2) is 18.2 Å². The van der Waals surface area contributed by atoms with Crippen molar-refractivity contribution in [2.24, 2.45) is 0 Å². The fraction of sp³-hybridized carbons (Fsp3) is 0.182. The van der Waals surface area contributed by atoms with Crippen LogP contribution in [0.1, 0.15) is 21.5 Å². The van der Waals surface area contributed by atoms with E-state index in [1.807, 2.05) is 5.92 Å². The molecule has 0 spiro atoms. The van der Waals surface area contributed by atoms with Crippen molar-refractivity contribution in [1.82, 2.24) is 0 Å². The Bertz CT molecular complexity index is 478. The zero-order valence-corrected chi connectivity index (χ0v) is 8.22. The number of carboxylic acids is 1. The Morgan fingerprint density at radius 2 is 2.00 bits per heavy atom. The van der Waals surface area contributed by atoms with E-state index in [1.165, 1.54) is 25.1 Å². The molecule has 0 amide bonds. The van der Waals surface area contributed by atoms with Crippen molar-refractivity contribution in [1.29, 1.82) is 0 Å². The Morgan fingerprint density at radius 1 is 1.38 bits per heavy atom. The third-order valence-electron chi connectivity index (χ3n) is 1.81. The minimum Gasteiger partial charge on any atom is -0.478 e. The smallest absolute Gasteiger partial charge is 0.458 e. The molecule has 0 radical (unpaired) electrons. The first-order chi connectivity index (χ1) is 7.29. The molecule has 1 aromatic carbocycles. The largest absolute Gasteiger partial charge is 0.478 e. The highest BCUT2D eigenvalue weighted by atomic mass is 19.4. The fourth-order valence-corrected chi connectivity index (χ4v) is 1.08. The molecule has 1 N–H and O–H groups in total. The van der Waals surface area contributed by atoms with Crippen LogP contribution < -0.4 is 0 Å². The maximum absolute atomic E-state index is 11.8. The first-order valence-corrected chi connectivity index (χ1v) is 4.23. The summed E-state index contributed by atoms with van der Waals surface area (Å²) in [6.07, 6.45) is -4.54. The van der Waals surface area contributed by atoms with Crippen LogP contribution in [0.4, 0.5) is 13.2 Å². The molecule has 0 aliphatic heterocycles. The van der Waals surface area contributed by atoms with Gasteiger partial charge in [0.05, 0.1) is 5.56 Å². The summed E-state index contributed by atoms with van der Waals surface area (Å²) in [5, 5.41) is 8.64. The zero-order valence-electron chi connectivity index (χ0n) is 8.22. The lowest BCUT2D eigenvalue weighted by Gasteiger charge is -2.00. The number of aryl methyl sites for hydroxylation is 1. The lowest BCUT2D eigenvalue weighted by molar-refractivity contribution is -0.0696. The van der Waals surface area contributed by atoms with E-state index in [-0.39, 0.29) is 11.1 Å². The Balaban J connectivity index is 3.08. The molecule has 5 heteroatoms. The summed E-state index contributed by atoms with van der Waals surface area (Å²) >= 11 is 0. The summed E-state index contributed by atoms with van der Waals surface area (Å²) in [5.41, 5.74) is 0.592. The number of hydrogen-bond donors (Lipinski definition) is 1. The quantitative estimate of drug-likeness (QED) is 0.750. The van der Waals surface area contributed by atoms with Gasteiger partial charge in [0.25, 0.3) is 0 Å². The molecular formula is C11H7F3O2. The zero-order chi connectivity index (χ0) is 12.3. The Labute approximate surface area is 89.7 Å². The molecule has 0 aliphatic rings. The summed E-state index contributed by atoms with van der Waals surface area (Å²) in [5.74, 6) is 1.95. The average molecular weight is 228 g/mol. The number of alkyl halides is 3. The lowest BCUT2D eigenvalue weighted by atomic mass is 10.1. The van der Waals surface area contributed by atoms with Crippen molar-refractivity contribution in [3.05, 3.63) is 34.9 Å². The minimum atomic E-state index is -4.54. The first-order valence-electron chi connectivity index (χ1n) is 4.23. The summed E-state index contributed by atoms with van der Waals surface area (Å²) in [6, 6.07) is 3.76. The van der Waals surface area contributed by atoms with Crippen molar-refractivity contribution in [3.63, 3.8) is 0 Å². The number of carboxylic acid groups (broad SMARTS) is 1. The van der Waals surface area contributed by atoms with Gasteiger partial charge in [0, 0.05) is 11.5 Å². The minimum absolute atomic E-state index is 0.0232. The third kappa shape index (κ3) is 3.31. The SMILES string of the molecule is Cc1cc(C(=O)O)ccc1C#CC(F)(F)F. The van der Waals surface area contributed by atoms with E-state index in [0.29, 0.717) is 5.56 Å². The van der Waals surface area contributed by atoms with Gasteiger partial charge >= 0.3 is 12.1 Å². The van der Waals surface area contributed by atoms with Crippen LogP contribution in [0.3, 0.4) is 0 Å². The van der Waals surface area contributed by atoms with Crippen LogP contribution in [-0.2, 0) is 0 Å². The molecule has 1 rings (SSSR count). The van der Waals surface area contributed by atoms with Gasteiger partial charge in [0.2, 0.25) is 0 Å². The molecule has 0 aliphatic carbocycles. The predicted octanol–water partition coefficient (Wildman–Crippen LogP) is 2.61. The maximum atomic E-state index is 11.8. The standard InChI is InChI=1S/C11H7F3O2/c1-7-6-9(10(15)16)3-2-8(7)4-5-11(12,13)14/h2-3,6H,1H3,(H,15,16). The van der Waals surface area contributed by atoms with Gasteiger partial charge in [-0.2, -0.15) is 13.2 Å². The Hall–Kier alpha value is -1.96. The number of carbonyl (C=O) groups is 1. The van der Waals surface area contributed by atoms with Gasteiger partial charge in [-0.15, -0.1) is 0 Å². The topological polar surface area (TPSA) is 37.3 Å². The molecule has 2 nitrogen and oxygen atoms in total. The number of hydrogen-bond acceptors (Lipinski definition) is 1. The van der Waals surface area contributed by atoms with E-state index in [4.69, 9.17) is 5.11 Å². The lowest BCUT2D eigenvalue weighted by Crippen LogP contribution is -2.02. The second-order valence-corrected chi connectivity index (χ2v) is 3.08. The molecule has 0 fully saturated rings. The van der Waals surface area contributed by atoms with E-state index < -0.39 is 12.1 Å². The highest BCUT2D eigenvalue weighted by Crippen LogP contribution is 2.14. The van der Waals surface area contributed by atoms with Crippen molar-refractivity contribution < 1.29 is 23.1 Å². The van der Waals surface area contributed by atoms with Gasteiger partial charge in [-0.25, -0.2) is 4.79 Å². The summed E-state index contributed by atoms with van der Waals surface area (Å²) in [7, 11) is 0. The van der Waals surface area contributed by atoms with Crippen LogP contribution in [0.25, 0.3) is 0 Å². The predicted molar refractivity (Wildman–Crippen MR) is 51.1 cm³/mol. The van der Waals surface area contributed by atoms with Crippen LogP contribution in [0, 0.1) is 18.8 Å². The highest BCUT2D eigenvalue weighted by molar-refractivity contribution is 5.88. The molecule has 1 aromatic rings. The van der Waals surface area contributed by atoms with E-state index in [1.54, 1.807) is 0 Å². The van der Waals surface area contributed by atoms with Crippen LogP contribution in [0.2, 0.25) is 0 Å². The molecule has 0 saturated carbocycles. The van der Waals surface area contributed by atoms with Crippen LogP contribution >= 0.6 is 0 Å². The van der Waals surface area contributed by atoms with Crippen molar-refractivity contribution in [2.75, 3.05) is 0 Å². The number of aromatic carboxylic acids is 1. The molecule has 0 saturated heterocycles. The van der Waals surface area contributed by atoms with E-state index in [9.17, 15) is 18.0 Å². The summed E-state index contributed by atoms with van der Waals surface area (Å²) < 4.78 is 35.4. The van der Waals surface area contributed by atoms with Gasteiger partial charge in [0.1, 0.15) is 0 Å². The second kappa shape index (κ2) is 4.27. The number of rotatable bonds is 1. The molecule has 0 atom stereocenters. The third-order valence-corrected chi connectivity index (χ3v) is 1.81. The molecule has 0 heterocycles. The van der Waals surface area contributed by atoms with E-state index >= 15 is 0 Å². The monoisotopic (exact) mass is 228 g/mol. The number of benzene rings is 1. The normalized spacial score (nSPS) is 10.5. The Morgan fingerprint density at radius 3 is 2.44 bits per heavy atom. The van der Waals surface area contributed by atoms with Crippen molar-refractivity contribution >= 4 is 5.97 Å². The summed E-state index contributed by atoms with van der Waals surface area (Å²) in [6.45, 7) is 1.51. The van der Waals surface area contributed by atoms with Gasteiger partial charge in [-0.1, -0.05) is 5.92 Å². The number of halogens is 3. The maximum Gasteiger partial charge on any atom is 0.458 e. The van der Waals surface area contributed by atoms with Crippen molar-refractivity contribution in [3.8, 4) is 11.8 Å². The highest BCUT2D eigenvalue weighted by Gasteiger charge is 2.23. The molecule has 84 valence electrons. The van der Waals surface area contributed by atoms with E-state index in [0.717, 1.165) is 5.92 Å². The fourth-order valence-electron chi connectivity index (χ4n) is 1.08.